The topological polar surface area (TPSA) is 168 Å². The van der Waals surface area contributed by atoms with Gasteiger partial charge in [0.15, 0.2) is 6.30 Å². The third-order valence-electron chi connectivity index (χ3n) is 5.13. The van der Waals surface area contributed by atoms with Crippen LogP contribution in [0.4, 0.5) is 4.39 Å². The van der Waals surface area contributed by atoms with Crippen LogP contribution in [0.1, 0.15) is 45.4 Å². The number of hydrogen-bond donors (Lipinski definition) is 6. The van der Waals surface area contributed by atoms with E-state index < -0.39 is 48.0 Å². The zero-order valence-corrected chi connectivity index (χ0v) is 18.0. The number of alkyl halides is 1. The number of halogens is 2. The molecule has 1 unspecified atom stereocenters. The van der Waals surface area contributed by atoms with E-state index in [1.54, 1.807) is 0 Å². The quantitative estimate of drug-likeness (QED) is 0.109. The number of aromatic nitrogens is 2. The summed E-state index contributed by atoms with van der Waals surface area (Å²) in [6.45, 7) is 1.08. The summed E-state index contributed by atoms with van der Waals surface area (Å²) in [5.74, 6) is -3.26. The smallest absolute Gasteiger partial charge is 0.332 e. The van der Waals surface area contributed by atoms with Crippen LogP contribution in [0.3, 0.4) is 0 Å². The van der Waals surface area contributed by atoms with Gasteiger partial charge in [0, 0.05) is 6.20 Å². The molecule has 1 aromatic heterocycles. The second-order valence-corrected chi connectivity index (χ2v) is 8.06. The van der Waals surface area contributed by atoms with Crippen molar-refractivity contribution >= 4 is 15.9 Å². The van der Waals surface area contributed by atoms with E-state index in [9.17, 15) is 39.6 Å². The Hall–Kier alpha value is -1.19. The van der Waals surface area contributed by atoms with Crippen molar-refractivity contribution in [2.45, 2.75) is 75.6 Å². The van der Waals surface area contributed by atoms with Crippen molar-refractivity contribution < 1.29 is 34.8 Å². The predicted molar refractivity (Wildman–Crippen MR) is 104 cm³/mol. The lowest BCUT2D eigenvalue weighted by molar-refractivity contribution is -0.428. The van der Waals surface area contributed by atoms with Crippen molar-refractivity contribution in [2.75, 3.05) is 6.61 Å². The van der Waals surface area contributed by atoms with Gasteiger partial charge in [0.25, 0.3) is 5.56 Å². The molecule has 0 bridgehead atoms. The lowest BCUT2D eigenvalue weighted by Gasteiger charge is -2.43. The standard InChI is InChI=1S/C17H27BrFN3O8/c1-2-3-4-5-6-7-12(19)22(29)16(27)13(24)11(9-23)30-17(16,28)21-8-10(18)14(25)20-15(21)26/h8,11-13,23-24,27-29H,2-7,9H2,1H3,(H,20,25,26)/t11-,12?,13-,16-,17+/m1/s1. The van der Waals surface area contributed by atoms with E-state index >= 15 is 0 Å². The molecule has 5 atom stereocenters. The van der Waals surface area contributed by atoms with Gasteiger partial charge in [-0.3, -0.25) is 9.78 Å². The number of nitrogens with one attached hydrogen (secondary N) is 1. The first-order valence-electron chi connectivity index (χ1n) is 9.60. The van der Waals surface area contributed by atoms with Crippen LogP contribution >= 0.6 is 15.9 Å². The van der Waals surface area contributed by atoms with Crippen molar-refractivity contribution in [3.05, 3.63) is 31.5 Å². The molecule has 0 aromatic carbocycles. The molecule has 1 aliphatic heterocycles. The van der Waals surface area contributed by atoms with Crippen LogP contribution in [0.15, 0.2) is 20.3 Å². The third-order valence-corrected chi connectivity index (χ3v) is 5.69. The molecule has 2 rings (SSSR count). The average molecular weight is 500 g/mol. The van der Waals surface area contributed by atoms with Gasteiger partial charge in [-0.15, -0.1) is 5.06 Å². The van der Waals surface area contributed by atoms with Crippen molar-refractivity contribution in [3.63, 3.8) is 0 Å². The van der Waals surface area contributed by atoms with Gasteiger partial charge in [-0.05, 0) is 28.8 Å². The molecule has 0 spiro atoms. The number of hydrogen-bond acceptors (Lipinski definition) is 9. The number of hydroxylamine groups is 2. The van der Waals surface area contributed by atoms with Crippen molar-refractivity contribution in [1.29, 1.82) is 0 Å². The Kier molecular flexibility index (Phi) is 8.32. The van der Waals surface area contributed by atoms with Gasteiger partial charge in [-0.2, -0.15) is 0 Å². The molecule has 1 saturated heterocycles. The number of rotatable bonds is 10. The van der Waals surface area contributed by atoms with E-state index in [0.29, 0.717) is 12.8 Å². The van der Waals surface area contributed by atoms with E-state index in [4.69, 9.17) is 4.74 Å². The number of H-pyrrole nitrogens is 1. The van der Waals surface area contributed by atoms with Gasteiger partial charge in [-0.1, -0.05) is 32.6 Å². The predicted octanol–water partition coefficient (Wildman–Crippen LogP) is -0.310. The molecule has 1 aromatic rings. The van der Waals surface area contributed by atoms with Gasteiger partial charge in [0.1, 0.15) is 12.2 Å². The molecule has 0 amide bonds. The summed E-state index contributed by atoms with van der Waals surface area (Å²) in [5, 5.41) is 52.0. The maximum absolute atomic E-state index is 14.7. The third kappa shape index (κ3) is 4.39. The Morgan fingerprint density at radius 1 is 1.33 bits per heavy atom. The van der Waals surface area contributed by atoms with Crippen molar-refractivity contribution in [1.82, 2.24) is 14.6 Å². The number of ether oxygens (including phenoxy) is 1. The second-order valence-electron chi connectivity index (χ2n) is 7.21. The average Bonchev–Trinajstić information content (AvgIpc) is 2.91. The lowest BCUT2D eigenvalue weighted by atomic mass is 10.00. The molecule has 30 heavy (non-hydrogen) atoms. The lowest BCUT2D eigenvalue weighted by Crippen LogP contribution is -2.69. The molecule has 1 fully saturated rings. The highest BCUT2D eigenvalue weighted by atomic mass is 79.9. The molecule has 2 heterocycles. The van der Waals surface area contributed by atoms with E-state index in [-0.39, 0.29) is 20.5 Å². The minimum atomic E-state index is -3.30. The Labute approximate surface area is 179 Å². The monoisotopic (exact) mass is 499 g/mol. The molecule has 6 N–H and O–H groups in total. The Bertz CT molecular complexity index is 838. The summed E-state index contributed by atoms with van der Waals surface area (Å²) in [6, 6.07) is 0. The Balaban J connectivity index is 2.41. The Morgan fingerprint density at radius 2 is 1.97 bits per heavy atom. The summed E-state index contributed by atoms with van der Waals surface area (Å²) in [5.41, 5.74) is -5.44. The molecule has 172 valence electrons. The van der Waals surface area contributed by atoms with Gasteiger partial charge >= 0.3 is 11.6 Å². The highest BCUT2D eigenvalue weighted by Gasteiger charge is 2.71. The summed E-state index contributed by atoms with van der Waals surface area (Å²) in [6.07, 6.45) is -1.89. The first-order chi connectivity index (χ1) is 14.0. The SMILES string of the molecule is CCCCCCCC(F)N(O)[C@@]1(O)[C@H](O)[C@@H](CO)O[C@]1(O)n1cc(Br)c(=O)[nH]c1=O. The Morgan fingerprint density at radius 3 is 2.57 bits per heavy atom. The van der Waals surface area contributed by atoms with Gasteiger partial charge < -0.3 is 30.4 Å². The largest absolute Gasteiger partial charge is 0.394 e. The van der Waals surface area contributed by atoms with Crippen LogP contribution in [0, 0.1) is 0 Å². The molecular formula is C17H27BrFN3O8. The van der Waals surface area contributed by atoms with E-state index in [1.807, 2.05) is 11.9 Å². The maximum Gasteiger partial charge on any atom is 0.332 e. The summed E-state index contributed by atoms with van der Waals surface area (Å²) >= 11 is 2.84. The number of aliphatic hydroxyl groups excluding tert-OH is 2. The zero-order chi connectivity index (χ0) is 22.7. The molecule has 0 radical (unpaired) electrons. The number of aliphatic hydroxyl groups is 4. The summed E-state index contributed by atoms with van der Waals surface area (Å²) in [4.78, 5) is 25.7. The first-order valence-corrected chi connectivity index (χ1v) is 10.4. The summed E-state index contributed by atoms with van der Waals surface area (Å²) in [7, 11) is 0. The second kappa shape index (κ2) is 9.96. The highest BCUT2D eigenvalue weighted by Crippen LogP contribution is 2.44. The molecule has 0 saturated carbocycles. The van der Waals surface area contributed by atoms with Crippen LogP contribution in [0.25, 0.3) is 0 Å². The fourth-order valence-corrected chi connectivity index (χ4v) is 3.70. The minimum absolute atomic E-state index is 0.251. The normalized spacial score (nSPS) is 30.2. The van der Waals surface area contributed by atoms with E-state index in [1.165, 1.54) is 0 Å². The van der Waals surface area contributed by atoms with Crippen LogP contribution in [0.5, 0.6) is 0 Å². The number of unbranched alkanes of at least 4 members (excludes halogenated alkanes) is 4. The fourth-order valence-electron chi connectivity index (χ4n) is 3.39. The fraction of sp³-hybridized carbons (Fsp3) is 0.765. The van der Waals surface area contributed by atoms with Crippen molar-refractivity contribution in [3.8, 4) is 0 Å². The first kappa shape index (κ1) is 25.1. The molecular weight excluding hydrogens is 473 g/mol. The maximum atomic E-state index is 14.7. The summed E-state index contributed by atoms with van der Waals surface area (Å²) < 4.78 is 19.8. The molecule has 13 heteroatoms. The van der Waals surface area contributed by atoms with Crippen LogP contribution in [0.2, 0.25) is 0 Å². The van der Waals surface area contributed by atoms with E-state index in [2.05, 4.69) is 15.9 Å². The van der Waals surface area contributed by atoms with Crippen LogP contribution in [-0.2, 0) is 10.6 Å². The highest BCUT2D eigenvalue weighted by molar-refractivity contribution is 9.10. The van der Waals surface area contributed by atoms with Crippen LogP contribution < -0.4 is 11.2 Å². The number of aromatic amines is 1. The number of nitrogens with zero attached hydrogens (tertiary/aromatic N) is 2. The molecule has 1 aliphatic rings. The molecule has 11 nitrogen and oxygen atoms in total. The minimum Gasteiger partial charge on any atom is -0.394 e. The van der Waals surface area contributed by atoms with Gasteiger partial charge in [-0.25, -0.2) is 13.8 Å². The molecule has 0 aliphatic carbocycles. The van der Waals surface area contributed by atoms with Gasteiger partial charge in [0.2, 0.25) is 5.72 Å². The van der Waals surface area contributed by atoms with Gasteiger partial charge in [0.05, 0.1) is 11.1 Å². The zero-order valence-electron chi connectivity index (χ0n) is 16.4. The van der Waals surface area contributed by atoms with Crippen molar-refractivity contribution in [2.24, 2.45) is 0 Å². The van der Waals surface area contributed by atoms with E-state index in [0.717, 1.165) is 25.5 Å². The van der Waals surface area contributed by atoms with Crippen LogP contribution in [-0.4, -0.2) is 71.1 Å².